The molecular weight excluding hydrogens is 535 g/mol. The van der Waals surface area contributed by atoms with Crippen molar-refractivity contribution in [1.29, 1.82) is 0 Å². The number of fused-ring (bicyclic) bond motifs is 1. The van der Waals surface area contributed by atoms with Crippen molar-refractivity contribution in [2.24, 2.45) is 5.92 Å². The quantitative estimate of drug-likeness (QED) is 0.165. The van der Waals surface area contributed by atoms with Crippen LogP contribution >= 0.6 is 0 Å². The maximum atomic E-state index is 13.6. The first-order valence-electron chi connectivity index (χ1n) is 14.7. The van der Waals surface area contributed by atoms with Gasteiger partial charge in [-0.2, -0.15) is 5.10 Å². The van der Waals surface area contributed by atoms with Gasteiger partial charge in [0.1, 0.15) is 17.2 Å². The molecule has 7 heteroatoms. The maximum Gasteiger partial charge on any atom is 0.138 e. The van der Waals surface area contributed by atoms with E-state index < -0.39 is 0 Å². The van der Waals surface area contributed by atoms with Gasteiger partial charge < -0.3 is 15.6 Å². The third-order valence-corrected chi connectivity index (χ3v) is 7.93. The molecule has 0 radical (unpaired) electrons. The summed E-state index contributed by atoms with van der Waals surface area (Å²) in [5.41, 5.74) is 8.10. The summed E-state index contributed by atoms with van der Waals surface area (Å²) in [4.78, 5) is 7.96. The number of aromatic amines is 2. The lowest BCUT2D eigenvalue weighted by Crippen LogP contribution is -2.28. The van der Waals surface area contributed by atoms with Crippen LogP contribution in [0.2, 0.25) is 0 Å². The number of allylic oxidation sites excluding steroid dienone is 7. The molecule has 0 bridgehead atoms. The van der Waals surface area contributed by atoms with Gasteiger partial charge in [-0.1, -0.05) is 44.0 Å². The van der Waals surface area contributed by atoms with Crippen LogP contribution in [-0.2, 0) is 0 Å². The highest BCUT2D eigenvalue weighted by Gasteiger charge is 2.15. The maximum absolute atomic E-state index is 13.6. The predicted molar refractivity (Wildman–Crippen MR) is 177 cm³/mol. The average molecular weight is 575 g/mol. The number of hydrogen-bond donors (Lipinski definition) is 4. The Balaban J connectivity index is 1.45. The molecular formula is C36H39FN6. The summed E-state index contributed by atoms with van der Waals surface area (Å²) in [6, 6.07) is 10.5. The van der Waals surface area contributed by atoms with Crippen molar-refractivity contribution in [3.63, 3.8) is 0 Å². The van der Waals surface area contributed by atoms with Crippen molar-refractivity contribution in [2.75, 3.05) is 13.1 Å². The second-order valence-corrected chi connectivity index (χ2v) is 10.8. The van der Waals surface area contributed by atoms with E-state index in [-0.39, 0.29) is 5.82 Å². The highest BCUT2D eigenvalue weighted by molar-refractivity contribution is 5.96. The van der Waals surface area contributed by atoms with E-state index in [1.807, 2.05) is 32.1 Å². The van der Waals surface area contributed by atoms with Crippen LogP contribution < -0.4 is 21.2 Å². The van der Waals surface area contributed by atoms with E-state index in [0.29, 0.717) is 11.3 Å². The first kappa shape index (κ1) is 29.7. The van der Waals surface area contributed by atoms with Gasteiger partial charge in [0.05, 0.1) is 11.0 Å². The summed E-state index contributed by atoms with van der Waals surface area (Å²) in [6.45, 7) is 18.7. The van der Waals surface area contributed by atoms with Gasteiger partial charge in [0.15, 0.2) is 0 Å². The number of aromatic nitrogens is 4. The number of piperidine rings is 1. The predicted octanol–water partition coefficient (Wildman–Crippen LogP) is 6.41. The molecule has 0 amide bonds. The minimum atomic E-state index is -0.267. The van der Waals surface area contributed by atoms with E-state index in [0.717, 1.165) is 80.8 Å². The van der Waals surface area contributed by atoms with Crippen molar-refractivity contribution >= 4 is 23.7 Å². The SMILES string of the molecule is C=C\C(=C/C(=C\C)C(/C=c1/c(-c2cc3c(-c4ccc(F)cc4)ccnc3[nH]2)n[nH]c1=C)=C/C)NC(=C)CC1CCNCC1. The van der Waals surface area contributed by atoms with Crippen molar-refractivity contribution in [1.82, 2.24) is 30.8 Å². The van der Waals surface area contributed by atoms with Crippen LogP contribution in [0.25, 0.3) is 46.2 Å². The highest BCUT2D eigenvalue weighted by atomic mass is 19.1. The number of benzene rings is 1. The first-order chi connectivity index (χ1) is 20.9. The van der Waals surface area contributed by atoms with Gasteiger partial charge in [-0.25, -0.2) is 9.37 Å². The molecule has 5 rings (SSSR count). The summed E-state index contributed by atoms with van der Waals surface area (Å²) in [6.07, 6.45) is 15.2. The molecule has 1 aliphatic heterocycles. The third kappa shape index (κ3) is 6.84. The summed E-state index contributed by atoms with van der Waals surface area (Å²) in [5.74, 6) is 0.381. The van der Waals surface area contributed by atoms with E-state index in [1.54, 1.807) is 18.3 Å². The molecule has 1 aromatic carbocycles. The largest absolute Gasteiger partial charge is 0.359 e. The topological polar surface area (TPSA) is 81.4 Å². The summed E-state index contributed by atoms with van der Waals surface area (Å²) in [5, 5.41) is 17.1. The van der Waals surface area contributed by atoms with E-state index in [4.69, 9.17) is 0 Å². The molecule has 1 aliphatic rings. The van der Waals surface area contributed by atoms with Crippen molar-refractivity contribution in [3.8, 4) is 22.5 Å². The molecule has 0 aliphatic carbocycles. The number of rotatable bonds is 10. The Morgan fingerprint density at radius 1 is 1.09 bits per heavy atom. The van der Waals surface area contributed by atoms with Gasteiger partial charge in [0, 0.05) is 28.2 Å². The van der Waals surface area contributed by atoms with Gasteiger partial charge in [0.25, 0.3) is 0 Å². The molecule has 3 aromatic heterocycles. The Morgan fingerprint density at radius 2 is 1.84 bits per heavy atom. The van der Waals surface area contributed by atoms with Crippen molar-refractivity contribution in [2.45, 2.75) is 33.1 Å². The van der Waals surface area contributed by atoms with Gasteiger partial charge >= 0.3 is 0 Å². The van der Waals surface area contributed by atoms with Crippen LogP contribution in [0.5, 0.6) is 0 Å². The van der Waals surface area contributed by atoms with Crippen LogP contribution in [-0.4, -0.2) is 33.3 Å². The lowest BCUT2D eigenvalue weighted by atomic mass is 9.93. The Kier molecular flexibility index (Phi) is 9.32. The number of hydrogen-bond acceptors (Lipinski definition) is 4. The fourth-order valence-corrected chi connectivity index (χ4v) is 5.61. The fraction of sp³-hybridized carbons (Fsp3) is 0.222. The van der Waals surface area contributed by atoms with Crippen molar-refractivity contribution in [3.05, 3.63) is 119 Å². The fourth-order valence-electron chi connectivity index (χ4n) is 5.61. The average Bonchev–Trinajstić information content (AvgIpc) is 3.62. The molecule has 6 nitrogen and oxygen atoms in total. The van der Waals surface area contributed by atoms with E-state index in [2.05, 4.69) is 74.8 Å². The second-order valence-electron chi connectivity index (χ2n) is 10.8. The van der Waals surface area contributed by atoms with Crippen LogP contribution in [0.1, 0.15) is 33.1 Å². The third-order valence-electron chi connectivity index (χ3n) is 7.93. The molecule has 4 aromatic rings. The summed E-state index contributed by atoms with van der Waals surface area (Å²) >= 11 is 0. The number of nitrogens with zero attached hydrogens (tertiary/aromatic N) is 2. The molecule has 0 atom stereocenters. The lowest BCUT2D eigenvalue weighted by Gasteiger charge is -2.24. The Morgan fingerprint density at radius 3 is 2.53 bits per heavy atom. The number of nitrogens with one attached hydrogen (secondary N) is 4. The molecule has 1 fully saturated rings. The van der Waals surface area contributed by atoms with Crippen molar-refractivity contribution < 1.29 is 4.39 Å². The minimum absolute atomic E-state index is 0.267. The summed E-state index contributed by atoms with van der Waals surface area (Å²) < 4.78 is 13.6. The Hall–Kier alpha value is -4.75. The zero-order chi connectivity index (χ0) is 30.3. The molecule has 0 saturated carbocycles. The number of halogens is 1. The van der Waals surface area contributed by atoms with Crippen LogP contribution in [0.3, 0.4) is 0 Å². The molecule has 4 heterocycles. The normalized spacial score (nSPS) is 15.7. The van der Waals surface area contributed by atoms with Crippen LogP contribution in [0.4, 0.5) is 4.39 Å². The standard InChI is InChI=1S/C36H39FN6/c1-6-26(20-30(8-3)40-23(4)19-25-13-16-38-17-14-25)27(7-2)21-32-24(5)42-43-35(32)34-22-33-31(15-18-39-36(33)41-34)28-9-11-29(37)12-10-28/h6-12,15,18,20-22,25,38,40,42H,3-5,13-14,16-17,19H2,1-2H3,(H,39,41)/b26-6+,27-7+,30-20+,32-21+. The van der Waals surface area contributed by atoms with Crippen LogP contribution in [0, 0.1) is 11.7 Å². The minimum Gasteiger partial charge on any atom is -0.359 e. The second kappa shape index (κ2) is 13.5. The first-order valence-corrected chi connectivity index (χ1v) is 14.7. The van der Waals surface area contributed by atoms with Gasteiger partial charge in [-0.05, 0) is 117 Å². The van der Waals surface area contributed by atoms with Gasteiger partial charge in [0.2, 0.25) is 0 Å². The van der Waals surface area contributed by atoms with E-state index in [9.17, 15) is 4.39 Å². The zero-order valence-corrected chi connectivity index (χ0v) is 24.9. The van der Waals surface area contributed by atoms with Gasteiger partial charge in [-0.15, -0.1) is 0 Å². The number of H-pyrrole nitrogens is 2. The molecule has 0 unspecified atom stereocenters. The van der Waals surface area contributed by atoms with E-state index >= 15 is 0 Å². The van der Waals surface area contributed by atoms with E-state index in [1.165, 1.54) is 25.0 Å². The Labute approximate surface area is 252 Å². The number of pyridine rings is 1. The summed E-state index contributed by atoms with van der Waals surface area (Å²) in [7, 11) is 0. The smallest absolute Gasteiger partial charge is 0.138 e. The molecule has 4 N–H and O–H groups in total. The monoisotopic (exact) mass is 574 g/mol. The molecule has 1 saturated heterocycles. The molecule has 43 heavy (non-hydrogen) atoms. The van der Waals surface area contributed by atoms with Gasteiger partial charge in [-0.3, -0.25) is 5.10 Å². The zero-order valence-electron chi connectivity index (χ0n) is 24.9. The Bertz CT molecular complexity index is 1830. The van der Waals surface area contributed by atoms with Crippen LogP contribution in [0.15, 0.2) is 103 Å². The lowest BCUT2D eigenvalue weighted by molar-refractivity contribution is 0.368. The highest BCUT2D eigenvalue weighted by Crippen LogP contribution is 2.30. The molecule has 0 spiro atoms. The molecule has 220 valence electrons.